The molecule has 1 aliphatic rings. The molecule has 0 radical (unpaired) electrons. The molecule has 1 heterocycles. The molecule has 21 heavy (non-hydrogen) atoms. The summed E-state index contributed by atoms with van der Waals surface area (Å²) in [6.45, 7) is 3.05. The van der Waals surface area contributed by atoms with Crippen molar-refractivity contribution in [1.82, 2.24) is 0 Å². The van der Waals surface area contributed by atoms with Crippen LogP contribution in [0.4, 0.5) is 11.4 Å². The molecule has 2 aromatic rings. The van der Waals surface area contributed by atoms with Crippen LogP contribution < -0.4 is 10.6 Å². The van der Waals surface area contributed by atoms with Gasteiger partial charge in [-0.15, -0.1) is 0 Å². The number of aryl methyl sites for hydroxylation is 1. The molecule has 108 valence electrons. The molecule has 0 bridgehead atoms. The van der Waals surface area contributed by atoms with Crippen LogP contribution in [0.25, 0.3) is 0 Å². The van der Waals surface area contributed by atoms with Gasteiger partial charge in [0.25, 0.3) is 0 Å². The van der Waals surface area contributed by atoms with Crippen LogP contribution in [-0.2, 0) is 17.6 Å². The molecule has 3 nitrogen and oxygen atoms in total. The fourth-order valence-corrected chi connectivity index (χ4v) is 2.83. The van der Waals surface area contributed by atoms with E-state index in [1.807, 2.05) is 37.3 Å². The molecule has 3 rings (SSSR count). The van der Waals surface area contributed by atoms with Gasteiger partial charge in [-0.1, -0.05) is 35.9 Å². The van der Waals surface area contributed by atoms with Gasteiger partial charge >= 0.3 is 0 Å². The second-order valence-electron chi connectivity index (χ2n) is 5.58. The molecule has 0 spiro atoms. The minimum atomic E-state index is 0.0413. The number of hydrogen-bond acceptors (Lipinski definition) is 2. The Morgan fingerprint density at radius 2 is 2.10 bits per heavy atom. The summed E-state index contributed by atoms with van der Waals surface area (Å²) in [4.78, 5) is 12.2. The second-order valence-corrected chi connectivity index (χ2v) is 5.58. The number of amides is 1. The van der Waals surface area contributed by atoms with E-state index in [2.05, 4.69) is 22.8 Å². The number of carbonyl (C=O) groups is 1. The molecule has 2 aromatic carbocycles. The zero-order valence-corrected chi connectivity index (χ0v) is 12.3. The zero-order valence-electron chi connectivity index (χ0n) is 12.3. The van der Waals surface area contributed by atoms with Crippen molar-refractivity contribution in [2.45, 2.75) is 26.2 Å². The summed E-state index contributed by atoms with van der Waals surface area (Å²) in [6.07, 6.45) is 2.54. The van der Waals surface area contributed by atoms with Gasteiger partial charge in [0.05, 0.1) is 6.42 Å². The second kappa shape index (κ2) is 6.00. The normalized spacial score (nSPS) is 13.2. The van der Waals surface area contributed by atoms with Gasteiger partial charge in [0, 0.05) is 17.9 Å². The first-order valence-electron chi connectivity index (χ1n) is 7.43. The third-order valence-electron chi connectivity index (χ3n) is 3.82. The van der Waals surface area contributed by atoms with Crippen molar-refractivity contribution in [2.24, 2.45) is 0 Å². The van der Waals surface area contributed by atoms with Crippen LogP contribution in [0.5, 0.6) is 0 Å². The molecule has 0 saturated carbocycles. The number of rotatable bonds is 3. The van der Waals surface area contributed by atoms with E-state index in [1.54, 1.807) is 0 Å². The van der Waals surface area contributed by atoms with Gasteiger partial charge in [-0.3, -0.25) is 4.79 Å². The molecule has 0 aliphatic carbocycles. The van der Waals surface area contributed by atoms with E-state index in [0.717, 1.165) is 36.3 Å². The average molecular weight is 280 g/mol. The fraction of sp³-hybridized carbons (Fsp3) is 0.278. The SMILES string of the molecule is Cc1cccc(CC(=O)Nc2cccc3c2CCCN3)c1. The minimum absolute atomic E-state index is 0.0413. The van der Waals surface area contributed by atoms with Gasteiger partial charge in [0.15, 0.2) is 0 Å². The van der Waals surface area contributed by atoms with Crippen molar-refractivity contribution in [2.75, 3.05) is 17.2 Å². The lowest BCUT2D eigenvalue weighted by Gasteiger charge is -2.21. The molecule has 2 N–H and O–H groups in total. The van der Waals surface area contributed by atoms with Crippen molar-refractivity contribution in [1.29, 1.82) is 0 Å². The Hall–Kier alpha value is -2.29. The number of carbonyl (C=O) groups excluding carboxylic acids is 1. The molecule has 0 unspecified atom stereocenters. The topological polar surface area (TPSA) is 41.1 Å². The molecule has 0 saturated heterocycles. The van der Waals surface area contributed by atoms with E-state index in [1.165, 1.54) is 11.1 Å². The Morgan fingerprint density at radius 3 is 2.95 bits per heavy atom. The highest BCUT2D eigenvalue weighted by Gasteiger charge is 2.14. The molecular formula is C18H20N2O. The van der Waals surface area contributed by atoms with E-state index >= 15 is 0 Å². The van der Waals surface area contributed by atoms with Gasteiger partial charge in [-0.25, -0.2) is 0 Å². The van der Waals surface area contributed by atoms with Crippen molar-refractivity contribution in [3.8, 4) is 0 Å². The quantitative estimate of drug-likeness (QED) is 0.903. The molecule has 0 fully saturated rings. The summed E-state index contributed by atoms with van der Waals surface area (Å²) in [6, 6.07) is 14.1. The maximum atomic E-state index is 12.2. The van der Waals surface area contributed by atoms with E-state index < -0.39 is 0 Å². The van der Waals surface area contributed by atoms with Crippen LogP contribution in [0.2, 0.25) is 0 Å². The van der Waals surface area contributed by atoms with Crippen molar-refractivity contribution < 1.29 is 4.79 Å². The molecule has 1 aliphatic heterocycles. The molecule has 1 amide bonds. The number of anilines is 2. The van der Waals surface area contributed by atoms with Crippen LogP contribution in [0.3, 0.4) is 0 Å². The maximum absolute atomic E-state index is 12.2. The molecule has 0 aromatic heterocycles. The van der Waals surface area contributed by atoms with Crippen LogP contribution in [-0.4, -0.2) is 12.5 Å². The molecule has 3 heteroatoms. The lowest BCUT2D eigenvalue weighted by molar-refractivity contribution is -0.115. The van der Waals surface area contributed by atoms with E-state index in [9.17, 15) is 4.79 Å². The largest absolute Gasteiger partial charge is 0.385 e. The monoisotopic (exact) mass is 280 g/mol. The third kappa shape index (κ3) is 3.24. The fourth-order valence-electron chi connectivity index (χ4n) is 2.83. The summed E-state index contributed by atoms with van der Waals surface area (Å²) in [5, 5.41) is 6.44. The van der Waals surface area contributed by atoms with Gasteiger partial charge in [-0.05, 0) is 43.0 Å². The number of hydrogen-bond donors (Lipinski definition) is 2. The Kier molecular flexibility index (Phi) is 3.91. The van der Waals surface area contributed by atoms with Gasteiger partial charge in [0.1, 0.15) is 0 Å². The first kappa shape index (κ1) is 13.7. The lowest BCUT2D eigenvalue weighted by atomic mass is 10.0. The zero-order chi connectivity index (χ0) is 14.7. The van der Waals surface area contributed by atoms with Crippen LogP contribution in [0.1, 0.15) is 23.1 Å². The highest BCUT2D eigenvalue weighted by atomic mass is 16.1. The number of benzene rings is 2. The van der Waals surface area contributed by atoms with E-state index in [4.69, 9.17) is 0 Å². The summed E-state index contributed by atoms with van der Waals surface area (Å²) in [5.41, 5.74) is 5.55. The highest BCUT2D eigenvalue weighted by molar-refractivity contribution is 5.94. The summed E-state index contributed by atoms with van der Waals surface area (Å²) in [5.74, 6) is 0.0413. The number of fused-ring (bicyclic) bond motifs is 1. The maximum Gasteiger partial charge on any atom is 0.228 e. The Labute approximate surface area is 125 Å². The van der Waals surface area contributed by atoms with Crippen molar-refractivity contribution >= 4 is 17.3 Å². The van der Waals surface area contributed by atoms with Crippen LogP contribution in [0, 0.1) is 6.92 Å². The minimum Gasteiger partial charge on any atom is -0.385 e. The lowest BCUT2D eigenvalue weighted by Crippen LogP contribution is -2.18. The summed E-state index contributed by atoms with van der Waals surface area (Å²) in [7, 11) is 0. The smallest absolute Gasteiger partial charge is 0.228 e. The van der Waals surface area contributed by atoms with Crippen molar-refractivity contribution in [3.05, 3.63) is 59.2 Å². The van der Waals surface area contributed by atoms with E-state index in [0.29, 0.717) is 6.42 Å². The highest BCUT2D eigenvalue weighted by Crippen LogP contribution is 2.28. The Morgan fingerprint density at radius 1 is 1.24 bits per heavy atom. The van der Waals surface area contributed by atoms with E-state index in [-0.39, 0.29) is 5.91 Å². The van der Waals surface area contributed by atoms with Crippen LogP contribution >= 0.6 is 0 Å². The predicted octanol–water partition coefficient (Wildman–Crippen LogP) is 3.53. The van der Waals surface area contributed by atoms with Crippen molar-refractivity contribution in [3.63, 3.8) is 0 Å². The first-order valence-corrected chi connectivity index (χ1v) is 7.43. The molecular weight excluding hydrogens is 260 g/mol. The first-order chi connectivity index (χ1) is 10.2. The van der Waals surface area contributed by atoms with Gasteiger partial charge < -0.3 is 10.6 Å². The average Bonchev–Trinajstić information content (AvgIpc) is 2.47. The summed E-state index contributed by atoms with van der Waals surface area (Å²) >= 11 is 0. The van der Waals surface area contributed by atoms with Crippen LogP contribution in [0.15, 0.2) is 42.5 Å². The van der Waals surface area contributed by atoms with Gasteiger partial charge in [-0.2, -0.15) is 0 Å². The summed E-state index contributed by atoms with van der Waals surface area (Å²) < 4.78 is 0. The molecule has 0 atom stereocenters. The standard InChI is InChI=1S/C18H20N2O/c1-13-5-2-6-14(11-13)12-18(21)20-17-9-3-8-16-15(17)7-4-10-19-16/h2-3,5-6,8-9,11,19H,4,7,10,12H2,1H3,(H,20,21). The number of nitrogens with one attached hydrogen (secondary N) is 2. The Balaban J connectivity index is 1.73. The van der Waals surface area contributed by atoms with Gasteiger partial charge in [0.2, 0.25) is 5.91 Å². The third-order valence-corrected chi connectivity index (χ3v) is 3.82. The predicted molar refractivity (Wildman–Crippen MR) is 86.8 cm³/mol. The Bertz CT molecular complexity index is 664.